The van der Waals surface area contributed by atoms with Crippen molar-refractivity contribution < 1.29 is 9.84 Å². The molecule has 2 aromatic rings. The molecule has 1 aliphatic carbocycles. The van der Waals surface area contributed by atoms with Crippen LogP contribution in [0.1, 0.15) is 32.1 Å². The minimum atomic E-state index is -0.975. The van der Waals surface area contributed by atoms with Gasteiger partial charge in [0.1, 0.15) is 11.5 Å². The van der Waals surface area contributed by atoms with Crippen molar-refractivity contribution in [3.8, 4) is 11.5 Å². The van der Waals surface area contributed by atoms with Crippen molar-refractivity contribution in [2.24, 2.45) is 0 Å². The van der Waals surface area contributed by atoms with Crippen LogP contribution >= 0.6 is 15.9 Å². The Morgan fingerprint density at radius 1 is 1.17 bits per heavy atom. The lowest BCUT2D eigenvalue weighted by molar-refractivity contribution is 0.0311. The number of benzene rings is 1. The zero-order valence-corrected chi connectivity index (χ0v) is 14.2. The van der Waals surface area contributed by atoms with E-state index in [1.54, 1.807) is 0 Å². The molecule has 0 radical (unpaired) electrons. The van der Waals surface area contributed by atoms with E-state index in [1.807, 2.05) is 24.3 Å². The molecule has 0 unspecified atom stereocenters. The molecule has 1 aliphatic rings. The van der Waals surface area contributed by atoms with Crippen LogP contribution in [0, 0.1) is 0 Å². The number of aromatic nitrogens is 2. The first-order valence-electron chi connectivity index (χ1n) is 7.61. The fourth-order valence-corrected chi connectivity index (χ4v) is 2.92. The van der Waals surface area contributed by atoms with Crippen LogP contribution in [-0.2, 0) is 0 Å². The predicted octanol–water partition coefficient (Wildman–Crippen LogP) is 3.68. The van der Waals surface area contributed by atoms with Crippen LogP contribution in [0.3, 0.4) is 0 Å². The molecule has 3 rings (SSSR count). The smallest absolute Gasteiger partial charge is 0.222 e. The summed E-state index contributed by atoms with van der Waals surface area (Å²) < 4.78 is 6.80. The Kier molecular flexibility index (Phi) is 4.68. The molecule has 0 saturated heterocycles. The molecule has 122 valence electrons. The SMILES string of the molecule is Nc1ncc(Oc2ccc(Br)cc2)c(NC2(O)CCCCC2)n1. The van der Waals surface area contributed by atoms with Crippen molar-refractivity contribution in [2.75, 3.05) is 11.1 Å². The van der Waals surface area contributed by atoms with Gasteiger partial charge in [-0.1, -0.05) is 22.4 Å². The number of nitrogens with zero attached hydrogens (tertiary/aromatic N) is 2. The Morgan fingerprint density at radius 3 is 2.57 bits per heavy atom. The van der Waals surface area contributed by atoms with Gasteiger partial charge in [0.05, 0.1) is 6.20 Å². The van der Waals surface area contributed by atoms with E-state index in [-0.39, 0.29) is 5.95 Å². The molecule has 0 bridgehead atoms. The van der Waals surface area contributed by atoms with E-state index < -0.39 is 5.72 Å². The van der Waals surface area contributed by atoms with E-state index in [0.29, 0.717) is 30.2 Å². The van der Waals surface area contributed by atoms with Crippen LogP contribution in [0.15, 0.2) is 34.9 Å². The Balaban J connectivity index is 1.84. The number of anilines is 2. The monoisotopic (exact) mass is 378 g/mol. The lowest BCUT2D eigenvalue weighted by atomic mass is 9.92. The molecule has 1 saturated carbocycles. The van der Waals surface area contributed by atoms with Crippen LogP contribution in [0.25, 0.3) is 0 Å². The molecule has 0 spiro atoms. The van der Waals surface area contributed by atoms with E-state index in [9.17, 15) is 5.11 Å². The predicted molar refractivity (Wildman–Crippen MR) is 92.3 cm³/mol. The highest BCUT2D eigenvalue weighted by Gasteiger charge is 2.30. The Bertz CT molecular complexity index is 672. The first kappa shape index (κ1) is 16.0. The molecule has 1 heterocycles. The zero-order valence-electron chi connectivity index (χ0n) is 12.6. The van der Waals surface area contributed by atoms with Crippen LogP contribution in [-0.4, -0.2) is 20.8 Å². The fraction of sp³-hybridized carbons (Fsp3) is 0.375. The third-order valence-electron chi connectivity index (χ3n) is 3.85. The Morgan fingerprint density at radius 2 is 1.87 bits per heavy atom. The molecule has 1 aromatic carbocycles. The second kappa shape index (κ2) is 6.72. The standard InChI is InChI=1S/C16H19BrN4O2/c17-11-4-6-12(7-5-11)23-13-10-19-15(18)20-14(13)21-16(22)8-2-1-3-9-16/h4-7,10,22H,1-3,8-9H2,(H3,18,19,20,21). The van der Waals surface area contributed by atoms with E-state index in [1.165, 1.54) is 6.20 Å². The molecule has 7 heteroatoms. The third-order valence-corrected chi connectivity index (χ3v) is 4.38. The highest BCUT2D eigenvalue weighted by molar-refractivity contribution is 9.10. The van der Waals surface area contributed by atoms with E-state index in [2.05, 4.69) is 31.2 Å². The Labute approximate surface area is 143 Å². The summed E-state index contributed by atoms with van der Waals surface area (Å²) in [5, 5.41) is 13.8. The molecule has 1 fully saturated rings. The van der Waals surface area contributed by atoms with Crippen molar-refractivity contribution in [2.45, 2.75) is 37.8 Å². The summed E-state index contributed by atoms with van der Waals surface area (Å²) in [5.74, 6) is 1.63. The molecule has 0 atom stereocenters. The number of hydrogen-bond donors (Lipinski definition) is 3. The van der Waals surface area contributed by atoms with Gasteiger partial charge in [-0.3, -0.25) is 0 Å². The number of hydrogen-bond acceptors (Lipinski definition) is 6. The highest BCUT2D eigenvalue weighted by Crippen LogP contribution is 2.34. The van der Waals surface area contributed by atoms with E-state index in [0.717, 1.165) is 23.7 Å². The molecule has 4 N–H and O–H groups in total. The highest BCUT2D eigenvalue weighted by atomic mass is 79.9. The number of nitrogens with two attached hydrogens (primary N) is 1. The summed E-state index contributed by atoms with van der Waals surface area (Å²) in [5.41, 5.74) is 4.71. The first-order valence-corrected chi connectivity index (χ1v) is 8.40. The second-order valence-electron chi connectivity index (χ2n) is 5.71. The maximum Gasteiger partial charge on any atom is 0.222 e. The Hall–Kier alpha value is -1.86. The van der Waals surface area contributed by atoms with Crippen molar-refractivity contribution in [3.05, 3.63) is 34.9 Å². The summed E-state index contributed by atoms with van der Waals surface area (Å²) in [6.07, 6.45) is 5.96. The fourth-order valence-electron chi connectivity index (χ4n) is 2.66. The van der Waals surface area contributed by atoms with Crippen LogP contribution < -0.4 is 15.8 Å². The minimum absolute atomic E-state index is 0.134. The number of aliphatic hydroxyl groups is 1. The van der Waals surface area contributed by atoms with Gasteiger partial charge in [0, 0.05) is 4.47 Å². The quantitative estimate of drug-likeness (QED) is 0.702. The van der Waals surface area contributed by atoms with E-state index >= 15 is 0 Å². The van der Waals surface area contributed by atoms with Crippen molar-refractivity contribution >= 4 is 27.7 Å². The lowest BCUT2D eigenvalue weighted by Gasteiger charge is -2.33. The van der Waals surface area contributed by atoms with Crippen molar-refractivity contribution in [3.63, 3.8) is 0 Å². The number of nitrogens with one attached hydrogen (secondary N) is 1. The summed E-state index contributed by atoms with van der Waals surface area (Å²) >= 11 is 3.39. The van der Waals surface area contributed by atoms with Crippen molar-refractivity contribution in [1.29, 1.82) is 0 Å². The van der Waals surface area contributed by atoms with Crippen LogP contribution in [0.2, 0.25) is 0 Å². The number of rotatable bonds is 4. The number of halogens is 1. The van der Waals surface area contributed by atoms with Gasteiger partial charge in [0.15, 0.2) is 11.6 Å². The van der Waals surface area contributed by atoms with Gasteiger partial charge in [-0.25, -0.2) is 4.98 Å². The summed E-state index contributed by atoms with van der Waals surface area (Å²) in [7, 11) is 0. The normalized spacial score (nSPS) is 16.8. The molecule has 6 nitrogen and oxygen atoms in total. The van der Waals surface area contributed by atoms with Gasteiger partial charge in [-0.15, -0.1) is 0 Å². The lowest BCUT2D eigenvalue weighted by Crippen LogP contribution is -2.40. The summed E-state index contributed by atoms with van der Waals surface area (Å²) in [4.78, 5) is 8.17. The van der Waals surface area contributed by atoms with Gasteiger partial charge < -0.3 is 20.9 Å². The maximum atomic E-state index is 10.7. The zero-order chi connectivity index (χ0) is 16.3. The van der Waals surface area contributed by atoms with Gasteiger partial charge >= 0.3 is 0 Å². The first-order chi connectivity index (χ1) is 11.0. The van der Waals surface area contributed by atoms with Gasteiger partial charge in [0.25, 0.3) is 0 Å². The number of ether oxygens (including phenoxy) is 1. The molecule has 1 aromatic heterocycles. The number of nitrogen functional groups attached to an aromatic ring is 1. The molecule has 0 aliphatic heterocycles. The summed E-state index contributed by atoms with van der Waals surface area (Å²) in [6.45, 7) is 0. The molecular formula is C16H19BrN4O2. The topological polar surface area (TPSA) is 93.3 Å². The minimum Gasteiger partial charge on any atom is -0.452 e. The molecular weight excluding hydrogens is 360 g/mol. The van der Waals surface area contributed by atoms with Gasteiger partial charge in [-0.2, -0.15) is 4.98 Å². The average molecular weight is 379 g/mol. The van der Waals surface area contributed by atoms with Gasteiger partial charge in [0.2, 0.25) is 5.95 Å². The van der Waals surface area contributed by atoms with Crippen molar-refractivity contribution in [1.82, 2.24) is 9.97 Å². The van der Waals surface area contributed by atoms with Crippen LogP contribution in [0.5, 0.6) is 11.5 Å². The maximum absolute atomic E-state index is 10.7. The largest absolute Gasteiger partial charge is 0.452 e. The molecule has 23 heavy (non-hydrogen) atoms. The average Bonchev–Trinajstić information content (AvgIpc) is 2.52. The van der Waals surface area contributed by atoms with Crippen LogP contribution in [0.4, 0.5) is 11.8 Å². The van der Waals surface area contributed by atoms with Gasteiger partial charge in [-0.05, 0) is 49.9 Å². The van der Waals surface area contributed by atoms with E-state index in [4.69, 9.17) is 10.5 Å². The summed E-state index contributed by atoms with van der Waals surface area (Å²) in [6, 6.07) is 7.43. The second-order valence-corrected chi connectivity index (χ2v) is 6.63. The molecule has 0 amide bonds. The third kappa shape index (κ3) is 4.11.